The van der Waals surface area contributed by atoms with Crippen molar-refractivity contribution in [3.63, 3.8) is 0 Å². The molecule has 0 amide bonds. The molecule has 1 aromatic carbocycles. The van der Waals surface area contributed by atoms with Crippen LogP contribution in [0.2, 0.25) is 19.6 Å². The zero-order valence-electron chi connectivity index (χ0n) is 9.14. The van der Waals surface area contributed by atoms with Crippen LogP contribution in [0.25, 0.3) is 0 Å². The van der Waals surface area contributed by atoms with Crippen LogP contribution in [0.15, 0.2) is 23.1 Å². The van der Waals surface area contributed by atoms with Gasteiger partial charge in [-0.1, -0.05) is 37.8 Å². The molecule has 0 aliphatic heterocycles. The highest BCUT2D eigenvalue weighted by Crippen LogP contribution is 2.33. The molecule has 0 aliphatic rings. The Morgan fingerprint density at radius 3 is 1.85 bits per heavy atom. The highest BCUT2D eigenvalue weighted by molar-refractivity contribution is 8.28. The van der Waals surface area contributed by atoms with E-state index in [0.717, 1.165) is 0 Å². The molecule has 0 saturated carbocycles. The summed E-state index contributed by atoms with van der Waals surface area (Å²) in [6, 6.07) is 6.55. The van der Waals surface area contributed by atoms with Gasteiger partial charge in [0.15, 0.2) is 0 Å². The molecule has 0 heterocycles. The van der Waals surface area contributed by atoms with Crippen molar-refractivity contribution >= 4 is 18.4 Å². The monoisotopic (exact) mass is 210 g/mol. The van der Waals surface area contributed by atoms with Crippen molar-refractivity contribution in [2.75, 3.05) is 0 Å². The van der Waals surface area contributed by atoms with Crippen LogP contribution in [0.4, 0.5) is 0 Å². The molecule has 0 aliphatic carbocycles. The van der Waals surface area contributed by atoms with Crippen molar-refractivity contribution in [3.05, 3.63) is 29.3 Å². The van der Waals surface area contributed by atoms with Gasteiger partial charge < -0.3 is 0 Å². The molecule has 0 spiro atoms. The molecular formula is C11H18SSi. The molecule has 0 unspecified atom stereocenters. The van der Waals surface area contributed by atoms with E-state index in [1.54, 1.807) is 0 Å². The molecule has 0 radical (unpaired) electrons. The fourth-order valence-corrected chi connectivity index (χ4v) is 5.14. The largest absolute Gasteiger partial charge is 0.151 e. The Morgan fingerprint density at radius 2 is 1.46 bits per heavy atom. The quantitative estimate of drug-likeness (QED) is 0.658. The first-order valence-corrected chi connectivity index (χ1v) is 9.69. The first-order valence-electron chi connectivity index (χ1n) is 4.65. The van der Waals surface area contributed by atoms with Crippen LogP contribution in [-0.4, -0.2) is 7.22 Å². The van der Waals surface area contributed by atoms with Crippen molar-refractivity contribution in [1.29, 1.82) is 0 Å². The lowest BCUT2D eigenvalue weighted by molar-refractivity contribution is 1.22. The van der Waals surface area contributed by atoms with Gasteiger partial charge in [0.05, 0.1) is 0 Å². The molecule has 0 atom stereocenters. The summed E-state index contributed by atoms with van der Waals surface area (Å²) in [6.45, 7) is 11.6. The Bertz CT molecular complexity index is 279. The second kappa shape index (κ2) is 3.89. The summed E-state index contributed by atoms with van der Waals surface area (Å²) >= 11 is 2.09. The first-order chi connectivity index (χ1) is 5.90. The molecular weight excluding hydrogens is 192 g/mol. The second-order valence-electron chi connectivity index (χ2n) is 4.44. The Hall–Kier alpha value is -0.213. The van der Waals surface area contributed by atoms with E-state index in [2.05, 4.69) is 62.9 Å². The Labute approximate surface area is 86.4 Å². The highest BCUT2D eigenvalue weighted by Gasteiger charge is 2.17. The van der Waals surface area contributed by atoms with Crippen molar-refractivity contribution in [1.82, 2.24) is 0 Å². The molecule has 2 heteroatoms. The Kier molecular flexibility index (Phi) is 3.25. The molecule has 0 saturated heterocycles. The summed E-state index contributed by atoms with van der Waals surface area (Å²) in [7, 11) is -1.04. The average Bonchev–Trinajstić information content (AvgIpc) is 1.95. The number of hydrogen-bond donors (Lipinski definition) is 0. The first kappa shape index (κ1) is 10.9. The minimum absolute atomic E-state index is 1.04. The molecule has 0 aromatic heterocycles. The van der Waals surface area contributed by atoms with Gasteiger partial charge in [-0.15, -0.1) is 0 Å². The minimum atomic E-state index is -1.04. The summed E-state index contributed by atoms with van der Waals surface area (Å²) in [5.74, 6) is 0. The number of aryl methyl sites for hydroxylation is 2. The molecule has 1 aromatic rings. The van der Waals surface area contributed by atoms with Crippen molar-refractivity contribution in [2.24, 2.45) is 0 Å². The minimum Gasteiger partial charge on any atom is -0.151 e. The Morgan fingerprint density at radius 1 is 1.00 bits per heavy atom. The average molecular weight is 210 g/mol. The number of rotatable bonds is 2. The summed E-state index contributed by atoms with van der Waals surface area (Å²) in [5.41, 5.74) is 2.85. The van der Waals surface area contributed by atoms with Crippen LogP contribution in [-0.2, 0) is 0 Å². The van der Waals surface area contributed by atoms with Gasteiger partial charge in [-0.25, -0.2) is 0 Å². The summed E-state index contributed by atoms with van der Waals surface area (Å²) in [4.78, 5) is 1.50. The van der Waals surface area contributed by atoms with Crippen LogP contribution in [0.3, 0.4) is 0 Å². The van der Waals surface area contributed by atoms with Crippen LogP contribution < -0.4 is 0 Å². The zero-order chi connectivity index (χ0) is 10.1. The van der Waals surface area contributed by atoms with Crippen LogP contribution in [0.5, 0.6) is 0 Å². The van der Waals surface area contributed by atoms with Crippen molar-refractivity contribution < 1.29 is 0 Å². The van der Waals surface area contributed by atoms with E-state index in [1.807, 2.05) is 0 Å². The van der Waals surface area contributed by atoms with Gasteiger partial charge in [0.1, 0.15) is 7.22 Å². The van der Waals surface area contributed by atoms with Gasteiger partial charge in [-0.3, -0.25) is 0 Å². The van der Waals surface area contributed by atoms with Crippen molar-refractivity contribution in [3.8, 4) is 0 Å². The number of hydrogen-bond acceptors (Lipinski definition) is 1. The third kappa shape index (κ3) is 3.20. The second-order valence-corrected chi connectivity index (χ2v) is 13.6. The Balaban J connectivity index is 3.00. The summed E-state index contributed by atoms with van der Waals surface area (Å²) in [5, 5.41) is 0. The maximum Gasteiger partial charge on any atom is 0.114 e. The van der Waals surface area contributed by atoms with E-state index < -0.39 is 7.22 Å². The van der Waals surface area contributed by atoms with Crippen LogP contribution >= 0.6 is 11.2 Å². The molecule has 0 nitrogen and oxygen atoms in total. The fourth-order valence-electron chi connectivity index (χ4n) is 1.27. The fraction of sp³-hybridized carbons (Fsp3) is 0.455. The van der Waals surface area contributed by atoms with E-state index in [1.165, 1.54) is 16.0 Å². The van der Waals surface area contributed by atoms with E-state index in [4.69, 9.17) is 0 Å². The lowest BCUT2D eigenvalue weighted by Gasteiger charge is -2.18. The predicted molar refractivity (Wildman–Crippen MR) is 65.1 cm³/mol. The third-order valence-corrected chi connectivity index (χ3v) is 5.73. The van der Waals surface area contributed by atoms with E-state index >= 15 is 0 Å². The normalized spacial score (nSPS) is 11.8. The smallest absolute Gasteiger partial charge is 0.114 e. The topological polar surface area (TPSA) is 0 Å². The molecule has 0 bridgehead atoms. The summed E-state index contributed by atoms with van der Waals surface area (Å²) < 4.78 is 0. The standard InChI is InChI=1S/C11H18SSi/c1-9-7-6-8-10(2)11(9)12-13(3,4)5/h6-8H,1-5H3. The van der Waals surface area contributed by atoms with Gasteiger partial charge in [0, 0.05) is 4.90 Å². The van der Waals surface area contributed by atoms with E-state index in [-0.39, 0.29) is 0 Å². The number of benzene rings is 1. The van der Waals surface area contributed by atoms with Gasteiger partial charge >= 0.3 is 0 Å². The van der Waals surface area contributed by atoms with Gasteiger partial charge in [-0.05, 0) is 25.0 Å². The third-order valence-electron chi connectivity index (χ3n) is 1.82. The van der Waals surface area contributed by atoms with Gasteiger partial charge in [0.25, 0.3) is 0 Å². The van der Waals surface area contributed by atoms with Crippen molar-refractivity contribution in [2.45, 2.75) is 38.4 Å². The highest BCUT2D eigenvalue weighted by atomic mass is 32.4. The molecule has 0 fully saturated rings. The van der Waals surface area contributed by atoms with Gasteiger partial charge in [-0.2, -0.15) is 11.2 Å². The van der Waals surface area contributed by atoms with E-state index in [0.29, 0.717) is 0 Å². The van der Waals surface area contributed by atoms with Crippen LogP contribution in [0, 0.1) is 13.8 Å². The molecule has 1 rings (SSSR count). The zero-order valence-corrected chi connectivity index (χ0v) is 11.0. The maximum atomic E-state index is 2.39. The lowest BCUT2D eigenvalue weighted by atomic mass is 10.2. The van der Waals surface area contributed by atoms with Gasteiger partial charge in [0.2, 0.25) is 0 Å². The predicted octanol–water partition coefficient (Wildman–Crippen LogP) is 4.23. The lowest BCUT2D eigenvalue weighted by Crippen LogP contribution is -2.14. The SMILES string of the molecule is Cc1cccc(C)c1S[Si](C)(C)C. The van der Waals surface area contributed by atoms with Crippen LogP contribution in [0.1, 0.15) is 11.1 Å². The van der Waals surface area contributed by atoms with E-state index in [9.17, 15) is 0 Å². The summed E-state index contributed by atoms with van der Waals surface area (Å²) in [6.07, 6.45) is 0. The molecule has 13 heavy (non-hydrogen) atoms. The maximum absolute atomic E-state index is 2.39. The molecule has 72 valence electrons. The molecule has 0 N–H and O–H groups in total.